The van der Waals surface area contributed by atoms with Gasteiger partial charge >= 0.3 is 5.97 Å². The zero-order valence-corrected chi connectivity index (χ0v) is 10.1. The van der Waals surface area contributed by atoms with E-state index in [1.54, 1.807) is 25.1 Å². The predicted molar refractivity (Wildman–Crippen MR) is 63.3 cm³/mol. The van der Waals surface area contributed by atoms with Crippen molar-refractivity contribution in [2.24, 2.45) is 5.73 Å². The third kappa shape index (κ3) is 3.35. The average Bonchev–Trinajstić information content (AvgIpc) is 2.28. The molecule has 0 fully saturated rings. The Balaban J connectivity index is 3.04. The van der Waals surface area contributed by atoms with Crippen molar-refractivity contribution in [3.63, 3.8) is 0 Å². The molecule has 0 aliphatic carbocycles. The fourth-order valence-electron chi connectivity index (χ4n) is 1.36. The predicted octanol–water partition coefficient (Wildman–Crippen LogP) is 1.57. The molecule has 17 heavy (non-hydrogen) atoms. The van der Waals surface area contributed by atoms with E-state index in [1.807, 2.05) is 0 Å². The highest BCUT2D eigenvalue weighted by Gasteiger charge is 2.17. The summed E-state index contributed by atoms with van der Waals surface area (Å²) in [6, 6.07) is 4.93. The van der Waals surface area contributed by atoms with Crippen molar-refractivity contribution in [3.05, 3.63) is 23.8 Å². The number of benzene rings is 1. The zero-order valence-electron chi connectivity index (χ0n) is 10.1. The Labute approximate surface area is 100 Å². The van der Waals surface area contributed by atoms with Gasteiger partial charge in [0.05, 0.1) is 7.11 Å². The molecule has 3 N–H and O–H groups in total. The third-order valence-electron chi connectivity index (χ3n) is 2.36. The van der Waals surface area contributed by atoms with Gasteiger partial charge in [-0.3, -0.25) is 0 Å². The van der Waals surface area contributed by atoms with Crippen LogP contribution < -0.4 is 15.2 Å². The molecule has 0 aliphatic heterocycles. The molecule has 0 radical (unpaired) electrons. The monoisotopic (exact) mass is 239 g/mol. The summed E-state index contributed by atoms with van der Waals surface area (Å²) in [4.78, 5) is 10.8. The molecular weight excluding hydrogens is 222 g/mol. The molecule has 0 spiro atoms. The highest BCUT2D eigenvalue weighted by Crippen LogP contribution is 2.29. The summed E-state index contributed by atoms with van der Waals surface area (Å²) in [6.07, 6.45) is -0.931. The molecule has 2 unspecified atom stereocenters. The normalized spacial score (nSPS) is 13.9. The van der Waals surface area contributed by atoms with E-state index in [0.717, 1.165) is 5.56 Å². The minimum absolute atomic E-state index is 0.239. The van der Waals surface area contributed by atoms with Crippen LogP contribution in [-0.2, 0) is 4.79 Å². The lowest BCUT2D eigenvalue weighted by Gasteiger charge is -2.17. The standard InChI is InChI=1S/C12H17NO4/c1-7(13)10-5-4-9(16-3)6-11(10)17-8(2)12(14)15/h4-8H,13H2,1-3H3,(H,14,15). The maximum Gasteiger partial charge on any atom is 0.344 e. The molecule has 94 valence electrons. The lowest BCUT2D eigenvalue weighted by molar-refractivity contribution is -0.144. The van der Waals surface area contributed by atoms with Crippen LogP contribution in [0.25, 0.3) is 0 Å². The minimum Gasteiger partial charge on any atom is -0.497 e. The van der Waals surface area contributed by atoms with Gasteiger partial charge in [-0.1, -0.05) is 6.07 Å². The number of hydrogen-bond acceptors (Lipinski definition) is 4. The molecule has 1 aromatic rings. The maximum absolute atomic E-state index is 10.8. The third-order valence-corrected chi connectivity index (χ3v) is 2.36. The minimum atomic E-state index is -1.02. The lowest BCUT2D eigenvalue weighted by Crippen LogP contribution is -2.24. The van der Waals surface area contributed by atoms with Crippen LogP contribution in [0.15, 0.2) is 18.2 Å². The first-order valence-electron chi connectivity index (χ1n) is 5.28. The van der Waals surface area contributed by atoms with Gasteiger partial charge in [-0.15, -0.1) is 0 Å². The summed E-state index contributed by atoms with van der Waals surface area (Å²) in [6.45, 7) is 3.27. The SMILES string of the molecule is COc1ccc(C(C)N)c(OC(C)C(=O)O)c1. The van der Waals surface area contributed by atoms with Gasteiger partial charge in [0.1, 0.15) is 11.5 Å². The lowest BCUT2D eigenvalue weighted by atomic mass is 10.1. The van der Waals surface area contributed by atoms with E-state index in [0.29, 0.717) is 11.5 Å². The van der Waals surface area contributed by atoms with Crippen molar-refractivity contribution in [1.82, 2.24) is 0 Å². The summed E-state index contributed by atoms with van der Waals surface area (Å²) < 4.78 is 10.4. The number of carboxylic acids is 1. The fourth-order valence-corrected chi connectivity index (χ4v) is 1.36. The van der Waals surface area contributed by atoms with Crippen LogP contribution in [-0.4, -0.2) is 24.3 Å². The quantitative estimate of drug-likeness (QED) is 0.815. The zero-order chi connectivity index (χ0) is 13.0. The summed E-state index contributed by atoms with van der Waals surface area (Å²) in [5.74, 6) is 0.0136. The smallest absolute Gasteiger partial charge is 0.344 e. The van der Waals surface area contributed by atoms with Gasteiger partial charge < -0.3 is 20.3 Å². The van der Waals surface area contributed by atoms with Crippen LogP contribution in [0.3, 0.4) is 0 Å². The Bertz CT molecular complexity index is 403. The topological polar surface area (TPSA) is 81.8 Å². The molecule has 0 heterocycles. The van der Waals surface area contributed by atoms with Gasteiger partial charge in [-0.25, -0.2) is 4.79 Å². The Morgan fingerprint density at radius 3 is 2.53 bits per heavy atom. The van der Waals surface area contributed by atoms with Gasteiger partial charge in [0.2, 0.25) is 0 Å². The Kier molecular flexibility index (Phi) is 4.34. The number of aliphatic carboxylic acids is 1. The van der Waals surface area contributed by atoms with Gasteiger partial charge in [0.15, 0.2) is 6.10 Å². The number of rotatable bonds is 5. The summed E-state index contributed by atoms with van der Waals surface area (Å²) in [7, 11) is 1.53. The van der Waals surface area contributed by atoms with Crippen molar-refractivity contribution in [1.29, 1.82) is 0 Å². The van der Waals surface area contributed by atoms with Crippen molar-refractivity contribution >= 4 is 5.97 Å². The van der Waals surface area contributed by atoms with E-state index in [4.69, 9.17) is 20.3 Å². The van der Waals surface area contributed by atoms with E-state index in [2.05, 4.69) is 0 Å². The van der Waals surface area contributed by atoms with E-state index >= 15 is 0 Å². The van der Waals surface area contributed by atoms with Crippen molar-refractivity contribution in [3.8, 4) is 11.5 Å². The first-order chi connectivity index (χ1) is 7.95. The highest BCUT2D eigenvalue weighted by molar-refractivity contribution is 5.72. The van der Waals surface area contributed by atoms with Crippen LogP contribution in [0.1, 0.15) is 25.5 Å². The number of hydrogen-bond donors (Lipinski definition) is 2. The summed E-state index contributed by atoms with van der Waals surface area (Å²) in [5, 5.41) is 8.81. The second kappa shape index (κ2) is 5.54. The second-order valence-corrected chi connectivity index (χ2v) is 3.79. The number of nitrogens with two attached hydrogens (primary N) is 1. The Morgan fingerprint density at radius 2 is 2.06 bits per heavy atom. The molecule has 0 amide bonds. The van der Waals surface area contributed by atoms with Crippen LogP contribution in [0.2, 0.25) is 0 Å². The maximum atomic E-state index is 10.8. The highest BCUT2D eigenvalue weighted by atomic mass is 16.5. The Morgan fingerprint density at radius 1 is 1.41 bits per heavy atom. The van der Waals surface area contributed by atoms with Crippen LogP contribution in [0.5, 0.6) is 11.5 Å². The van der Waals surface area contributed by atoms with Gasteiger partial charge in [-0.05, 0) is 19.9 Å². The van der Waals surface area contributed by atoms with Crippen molar-refractivity contribution < 1.29 is 19.4 Å². The van der Waals surface area contributed by atoms with Crippen molar-refractivity contribution in [2.75, 3.05) is 7.11 Å². The van der Waals surface area contributed by atoms with Gasteiger partial charge in [0, 0.05) is 17.7 Å². The number of ether oxygens (including phenoxy) is 2. The van der Waals surface area contributed by atoms with E-state index in [9.17, 15) is 4.79 Å². The van der Waals surface area contributed by atoms with Gasteiger partial charge in [0.25, 0.3) is 0 Å². The van der Waals surface area contributed by atoms with Crippen LogP contribution in [0, 0.1) is 0 Å². The second-order valence-electron chi connectivity index (χ2n) is 3.79. The number of carboxylic acid groups (broad SMARTS) is 1. The number of methoxy groups -OCH3 is 1. The summed E-state index contributed by atoms with van der Waals surface area (Å²) in [5.41, 5.74) is 6.54. The van der Waals surface area contributed by atoms with E-state index in [-0.39, 0.29) is 6.04 Å². The molecule has 0 saturated carbocycles. The largest absolute Gasteiger partial charge is 0.497 e. The molecule has 0 aromatic heterocycles. The molecule has 2 atom stereocenters. The number of carbonyl (C=O) groups is 1. The average molecular weight is 239 g/mol. The van der Waals surface area contributed by atoms with Crippen molar-refractivity contribution in [2.45, 2.75) is 26.0 Å². The Hall–Kier alpha value is -1.75. The van der Waals surface area contributed by atoms with Crippen LogP contribution in [0.4, 0.5) is 0 Å². The van der Waals surface area contributed by atoms with E-state index < -0.39 is 12.1 Å². The fraction of sp³-hybridized carbons (Fsp3) is 0.417. The van der Waals surface area contributed by atoms with E-state index in [1.165, 1.54) is 14.0 Å². The summed E-state index contributed by atoms with van der Waals surface area (Å²) >= 11 is 0. The first kappa shape index (κ1) is 13.3. The molecule has 0 bridgehead atoms. The molecule has 1 rings (SSSR count). The molecule has 5 nitrogen and oxygen atoms in total. The molecular formula is C12H17NO4. The van der Waals surface area contributed by atoms with Gasteiger partial charge in [-0.2, -0.15) is 0 Å². The molecule has 5 heteroatoms. The molecule has 0 aliphatic rings. The van der Waals surface area contributed by atoms with Crippen LogP contribution >= 0.6 is 0 Å². The molecule has 0 saturated heterocycles. The molecule has 1 aromatic carbocycles. The first-order valence-corrected chi connectivity index (χ1v) is 5.28.